The highest BCUT2D eigenvalue weighted by molar-refractivity contribution is 7.91. The lowest BCUT2D eigenvalue weighted by Gasteiger charge is -2.38. The van der Waals surface area contributed by atoms with Crippen molar-refractivity contribution in [1.82, 2.24) is 15.1 Å². The molecule has 0 radical (unpaired) electrons. The van der Waals surface area contributed by atoms with E-state index in [1.807, 2.05) is 12.1 Å². The van der Waals surface area contributed by atoms with Crippen LogP contribution >= 0.6 is 0 Å². The van der Waals surface area contributed by atoms with E-state index in [-0.39, 0.29) is 24.1 Å². The van der Waals surface area contributed by atoms with Crippen molar-refractivity contribution >= 4 is 9.84 Å². The number of aromatic amines is 1. The lowest BCUT2D eigenvalue weighted by molar-refractivity contribution is 0.0609. The third-order valence-corrected chi connectivity index (χ3v) is 7.72. The van der Waals surface area contributed by atoms with Gasteiger partial charge in [-0.2, -0.15) is 5.10 Å². The van der Waals surface area contributed by atoms with E-state index >= 15 is 0 Å². The molecular weight excluding hydrogens is 362 g/mol. The maximum Gasteiger partial charge on any atom is 0.195 e. The van der Waals surface area contributed by atoms with E-state index in [2.05, 4.69) is 34.2 Å². The van der Waals surface area contributed by atoms with Crippen LogP contribution in [-0.2, 0) is 9.84 Å². The second-order valence-electron chi connectivity index (χ2n) is 7.93. The number of hydrogen-bond donors (Lipinski definition) is 1. The highest BCUT2D eigenvalue weighted by atomic mass is 32.2. The number of rotatable bonds is 5. The van der Waals surface area contributed by atoms with Crippen LogP contribution in [0.1, 0.15) is 42.6 Å². The highest BCUT2D eigenvalue weighted by Crippen LogP contribution is 2.38. The number of H-pyrrole nitrogens is 1. The van der Waals surface area contributed by atoms with Gasteiger partial charge in [0.25, 0.3) is 0 Å². The Balaban J connectivity index is 1.46. The first-order valence-corrected chi connectivity index (χ1v) is 11.2. The molecule has 2 aliphatic heterocycles. The number of ether oxygens (including phenoxy) is 1. The fourth-order valence-electron chi connectivity index (χ4n) is 4.60. The van der Waals surface area contributed by atoms with E-state index in [0.717, 1.165) is 31.4 Å². The molecule has 1 aromatic heterocycles. The number of aryl methyl sites for hydroxylation is 3. The lowest BCUT2D eigenvalue weighted by Crippen LogP contribution is -2.48. The second-order valence-corrected chi connectivity index (χ2v) is 9.83. The summed E-state index contributed by atoms with van der Waals surface area (Å²) in [5, 5.41) is 6.84. The number of sulfone groups is 1. The molecular formula is C20H27N3O3S. The van der Waals surface area contributed by atoms with Crippen molar-refractivity contribution in [2.24, 2.45) is 0 Å². The van der Waals surface area contributed by atoms with Gasteiger partial charge >= 0.3 is 0 Å². The molecule has 3 heterocycles. The Morgan fingerprint density at radius 2 is 1.74 bits per heavy atom. The first-order chi connectivity index (χ1) is 12.8. The maximum absolute atomic E-state index is 13.0. The van der Waals surface area contributed by atoms with Crippen LogP contribution in [0.5, 0.6) is 5.75 Å². The summed E-state index contributed by atoms with van der Waals surface area (Å²) in [4.78, 5) is 2.54. The minimum absolute atomic E-state index is 0.0702. The molecule has 2 saturated heterocycles. The van der Waals surface area contributed by atoms with Crippen LogP contribution in [0.3, 0.4) is 0 Å². The summed E-state index contributed by atoms with van der Waals surface area (Å²) in [5.74, 6) is 0.969. The summed E-state index contributed by atoms with van der Waals surface area (Å²) in [7, 11) is -3.39. The number of nitrogens with zero attached hydrogens (tertiary/aromatic N) is 2. The highest BCUT2D eigenvalue weighted by Gasteiger charge is 2.43. The summed E-state index contributed by atoms with van der Waals surface area (Å²) in [6.07, 6.45) is 3.99. The van der Waals surface area contributed by atoms with Gasteiger partial charge < -0.3 is 4.74 Å². The van der Waals surface area contributed by atoms with Crippen molar-refractivity contribution in [2.75, 3.05) is 5.88 Å². The molecule has 1 N–H and O–H groups in total. The van der Waals surface area contributed by atoms with Gasteiger partial charge in [0, 0.05) is 12.1 Å². The molecule has 0 saturated carbocycles. The fraction of sp³-hybridized carbons (Fsp3) is 0.550. The van der Waals surface area contributed by atoms with Crippen LogP contribution in [0.15, 0.2) is 29.2 Å². The van der Waals surface area contributed by atoms with Gasteiger partial charge in [-0.15, -0.1) is 0 Å². The van der Waals surface area contributed by atoms with Crippen LogP contribution in [0.2, 0.25) is 0 Å². The second kappa shape index (κ2) is 6.95. The largest absolute Gasteiger partial charge is 0.490 e. The molecule has 0 spiro atoms. The first-order valence-electron chi connectivity index (χ1n) is 9.57. The monoisotopic (exact) mass is 389 g/mol. The number of piperidine rings is 1. The van der Waals surface area contributed by atoms with Crippen LogP contribution < -0.4 is 4.74 Å². The third kappa shape index (κ3) is 3.62. The van der Waals surface area contributed by atoms with Crippen LogP contribution in [0, 0.1) is 20.8 Å². The topological polar surface area (TPSA) is 75.3 Å². The van der Waals surface area contributed by atoms with E-state index in [0.29, 0.717) is 16.3 Å². The maximum atomic E-state index is 13.0. The zero-order chi connectivity index (χ0) is 19.2. The minimum Gasteiger partial charge on any atom is -0.490 e. The Labute approximate surface area is 160 Å². The van der Waals surface area contributed by atoms with Crippen molar-refractivity contribution in [3.8, 4) is 5.75 Å². The van der Waals surface area contributed by atoms with Crippen molar-refractivity contribution in [2.45, 2.75) is 69.5 Å². The molecule has 2 fully saturated rings. The summed E-state index contributed by atoms with van der Waals surface area (Å²) >= 11 is 0. The van der Waals surface area contributed by atoms with Gasteiger partial charge in [-0.3, -0.25) is 10.00 Å². The Hall–Kier alpha value is -1.86. The molecule has 0 unspecified atom stereocenters. The van der Waals surface area contributed by atoms with Crippen molar-refractivity contribution in [3.05, 3.63) is 41.2 Å². The predicted octanol–water partition coefficient (Wildman–Crippen LogP) is 3.14. The molecule has 27 heavy (non-hydrogen) atoms. The molecule has 2 aromatic rings. The average molecular weight is 390 g/mol. The molecule has 6 nitrogen and oxygen atoms in total. The van der Waals surface area contributed by atoms with Crippen LogP contribution in [0.25, 0.3) is 0 Å². The molecule has 4 rings (SSSR count). The number of benzene rings is 1. The number of nitrogens with one attached hydrogen (secondary N) is 1. The van der Waals surface area contributed by atoms with Gasteiger partial charge in [0.2, 0.25) is 0 Å². The van der Waals surface area contributed by atoms with Crippen molar-refractivity contribution in [3.63, 3.8) is 0 Å². The predicted molar refractivity (Wildman–Crippen MR) is 104 cm³/mol. The van der Waals surface area contributed by atoms with Gasteiger partial charge in [-0.1, -0.05) is 17.7 Å². The van der Waals surface area contributed by atoms with Gasteiger partial charge in [0.15, 0.2) is 9.84 Å². The van der Waals surface area contributed by atoms with Crippen molar-refractivity contribution in [1.29, 1.82) is 0 Å². The Morgan fingerprint density at radius 3 is 2.30 bits per heavy atom. The minimum atomic E-state index is -3.39. The molecule has 146 valence electrons. The lowest BCUT2D eigenvalue weighted by atomic mass is 10.0. The SMILES string of the molecule is Cc1ccc(O[C@H]2C[C@H]3CC[C@@H](C2)N3CS(=O)(=O)c2c(C)n[nH]c2C)cc1. The van der Waals surface area contributed by atoms with Crippen LogP contribution in [0.4, 0.5) is 0 Å². The quantitative estimate of drug-likeness (QED) is 0.850. The zero-order valence-corrected chi connectivity index (χ0v) is 16.9. The van der Waals surface area contributed by atoms with Crippen LogP contribution in [-0.4, -0.2) is 47.6 Å². The normalized spacial score (nSPS) is 25.7. The molecule has 0 aliphatic carbocycles. The fourth-order valence-corrected chi connectivity index (χ4v) is 6.55. The van der Waals surface area contributed by atoms with E-state index in [9.17, 15) is 8.42 Å². The molecule has 1 aromatic carbocycles. The zero-order valence-electron chi connectivity index (χ0n) is 16.1. The molecule has 0 amide bonds. The van der Waals surface area contributed by atoms with Gasteiger partial charge in [0.05, 0.1) is 11.4 Å². The van der Waals surface area contributed by atoms with Gasteiger partial charge in [-0.25, -0.2) is 8.42 Å². The third-order valence-electron chi connectivity index (χ3n) is 5.86. The average Bonchev–Trinajstić information content (AvgIpc) is 3.05. The number of hydrogen-bond acceptors (Lipinski definition) is 5. The Kier molecular flexibility index (Phi) is 4.76. The Morgan fingerprint density at radius 1 is 1.11 bits per heavy atom. The summed E-state index contributed by atoms with van der Waals surface area (Å²) < 4.78 is 32.2. The molecule has 2 aliphatic rings. The first kappa shape index (κ1) is 18.5. The van der Waals surface area contributed by atoms with E-state index in [4.69, 9.17) is 4.74 Å². The van der Waals surface area contributed by atoms with Gasteiger partial charge in [-0.05, 0) is 58.6 Å². The van der Waals surface area contributed by atoms with E-state index in [1.165, 1.54) is 5.56 Å². The van der Waals surface area contributed by atoms with E-state index in [1.54, 1.807) is 13.8 Å². The smallest absolute Gasteiger partial charge is 0.195 e. The summed E-state index contributed by atoms with van der Waals surface area (Å²) in [5.41, 5.74) is 2.39. The molecule has 7 heteroatoms. The van der Waals surface area contributed by atoms with Gasteiger partial charge in [0.1, 0.15) is 22.6 Å². The number of aromatic nitrogens is 2. The number of fused-ring (bicyclic) bond motifs is 2. The Bertz CT molecular complexity index is 887. The summed E-state index contributed by atoms with van der Waals surface area (Å²) in [6.45, 7) is 5.57. The molecule has 2 bridgehead atoms. The molecule has 3 atom stereocenters. The van der Waals surface area contributed by atoms with Crippen molar-refractivity contribution < 1.29 is 13.2 Å². The van der Waals surface area contributed by atoms with E-state index < -0.39 is 9.84 Å². The summed E-state index contributed by atoms with van der Waals surface area (Å²) in [6, 6.07) is 8.67. The standard InChI is InChI=1S/C20H27N3O3S/c1-13-4-8-18(9-5-13)26-19-10-16-6-7-17(11-19)23(16)12-27(24,25)20-14(2)21-22-15(20)3/h4-5,8-9,16-17,19H,6-7,10-12H2,1-3H3,(H,21,22)/t16-,17+,19+.